The first kappa shape index (κ1) is 19.6. The van der Waals surface area contributed by atoms with Gasteiger partial charge in [-0.1, -0.05) is 32.6 Å². The molecule has 0 saturated carbocycles. The van der Waals surface area contributed by atoms with E-state index in [9.17, 15) is 4.79 Å². The Balaban J connectivity index is 1.98. The van der Waals surface area contributed by atoms with Crippen LogP contribution >= 0.6 is 0 Å². The zero-order chi connectivity index (χ0) is 18.9. The van der Waals surface area contributed by atoms with E-state index in [2.05, 4.69) is 25.7 Å². The molecule has 1 N–H and O–H groups in total. The SMILES string of the molecule is C=C(C)COc1ccccc1C(=O)Nc1ccc(OCCC(C)C)cc1. The molecule has 26 heavy (non-hydrogen) atoms. The van der Waals surface area contributed by atoms with Gasteiger partial charge in [-0.2, -0.15) is 0 Å². The van der Waals surface area contributed by atoms with Crippen LogP contribution in [0.1, 0.15) is 37.6 Å². The van der Waals surface area contributed by atoms with Crippen LogP contribution in [0.5, 0.6) is 11.5 Å². The summed E-state index contributed by atoms with van der Waals surface area (Å²) >= 11 is 0. The lowest BCUT2D eigenvalue weighted by molar-refractivity contribution is 0.102. The van der Waals surface area contributed by atoms with Gasteiger partial charge in [-0.05, 0) is 61.2 Å². The van der Waals surface area contributed by atoms with E-state index in [0.29, 0.717) is 36.1 Å². The fourth-order valence-electron chi connectivity index (χ4n) is 2.23. The molecule has 2 aromatic rings. The largest absolute Gasteiger partial charge is 0.494 e. The van der Waals surface area contributed by atoms with Gasteiger partial charge in [0.1, 0.15) is 18.1 Å². The topological polar surface area (TPSA) is 47.6 Å². The highest BCUT2D eigenvalue weighted by atomic mass is 16.5. The minimum absolute atomic E-state index is 0.212. The Hall–Kier alpha value is -2.75. The number of nitrogens with one attached hydrogen (secondary N) is 1. The van der Waals surface area contributed by atoms with Crippen molar-refractivity contribution in [2.24, 2.45) is 5.92 Å². The number of hydrogen-bond acceptors (Lipinski definition) is 3. The summed E-state index contributed by atoms with van der Waals surface area (Å²) in [6.45, 7) is 11.1. The Labute approximate surface area is 155 Å². The molecule has 0 radical (unpaired) electrons. The summed E-state index contributed by atoms with van der Waals surface area (Å²) in [6.07, 6.45) is 1.01. The third kappa shape index (κ3) is 6.28. The van der Waals surface area contributed by atoms with Gasteiger partial charge in [0.25, 0.3) is 5.91 Å². The molecule has 0 heterocycles. The second kappa shape index (κ2) is 9.66. The van der Waals surface area contributed by atoms with E-state index in [1.54, 1.807) is 12.1 Å². The summed E-state index contributed by atoms with van der Waals surface area (Å²) in [5, 5.41) is 2.89. The lowest BCUT2D eigenvalue weighted by Gasteiger charge is -2.12. The highest BCUT2D eigenvalue weighted by molar-refractivity contribution is 6.06. The number of benzene rings is 2. The van der Waals surface area contributed by atoms with Crippen molar-refractivity contribution in [1.29, 1.82) is 0 Å². The Kier molecular flexibility index (Phi) is 7.27. The molecule has 2 rings (SSSR count). The number of amides is 1. The number of carbonyl (C=O) groups is 1. The fourth-order valence-corrected chi connectivity index (χ4v) is 2.23. The van der Waals surface area contributed by atoms with Crippen molar-refractivity contribution in [2.75, 3.05) is 18.5 Å². The molecule has 0 atom stereocenters. The monoisotopic (exact) mass is 353 g/mol. The maximum Gasteiger partial charge on any atom is 0.259 e. The van der Waals surface area contributed by atoms with E-state index >= 15 is 0 Å². The van der Waals surface area contributed by atoms with Crippen LogP contribution in [0, 0.1) is 5.92 Å². The van der Waals surface area contributed by atoms with Crippen LogP contribution in [-0.2, 0) is 0 Å². The molecule has 0 aliphatic rings. The quantitative estimate of drug-likeness (QED) is 0.621. The van der Waals surface area contributed by atoms with Crippen LogP contribution in [0.2, 0.25) is 0 Å². The maximum atomic E-state index is 12.6. The first-order valence-corrected chi connectivity index (χ1v) is 8.86. The molecule has 138 valence electrons. The molecule has 0 spiro atoms. The molecular weight excluding hydrogens is 326 g/mol. The van der Waals surface area contributed by atoms with Gasteiger partial charge in [0.2, 0.25) is 0 Å². The van der Waals surface area contributed by atoms with E-state index in [1.165, 1.54) is 0 Å². The molecule has 4 heteroatoms. The predicted octanol–water partition coefficient (Wildman–Crippen LogP) is 5.32. The molecule has 0 aliphatic carbocycles. The van der Waals surface area contributed by atoms with Crippen molar-refractivity contribution >= 4 is 11.6 Å². The Morgan fingerprint density at radius 1 is 1.08 bits per heavy atom. The summed E-state index contributed by atoms with van der Waals surface area (Å²) in [4.78, 5) is 12.6. The van der Waals surface area contributed by atoms with E-state index < -0.39 is 0 Å². The molecule has 0 unspecified atom stereocenters. The minimum Gasteiger partial charge on any atom is -0.494 e. The molecule has 0 fully saturated rings. The average Bonchev–Trinajstić information content (AvgIpc) is 2.61. The van der Waals surface area contributed by atoms with E-state index in [4.69, 9.17) is 9.47 Å². The third-order valence-corrected chi connectivity index (χ3v) is 3.68. The second-order valence-electron chi connectivity index (χ2n) is 6.75. The smallest absolute Gasteiger partial charge is 0.259 e. The van der Waals surface area contributed by atoms with Gasteiger partial charge in [0, 0.05) is 5.69 Å². The molecular formula is C22H27NO3. The zero-order valence-electron chi connectivity index (χ0n) is 15.7. The zero-order valence-corrected chi connectivity index (χ0v) is 15.7. The Morgan fingerprint density at radius 2 is 1.77 bits per heavy atom. The fraction of sp³-hybridized carbons (Fsp3) is 0.318. The van der Waals surface area contributed by atoms with Crippen molar-refractivity contribution in [3.8, 4) is 11.5 Å². The highest BCUT2D eigenvalue weighted by Crippen LogP contribution is 2.21. The van der Waals surface area contributed by atoms with Gasteiger partial charge in [-0.25, -0.2) is 0 Å². The predicted molar refractivity (Wildman–Crippen MR) is 106 cm³/mol. The van der Waals surface area contributed by atoms with E-state index in [1.807, 2.05) is 43.3 Å². The summed E-state index contributed by atoms with van der Waals surface area (Å²) < 4.78 is 11.4. The number of rotatable bonds is 9. The van der Waals surface area contributed by atoms with Crippen molar-refractivity contribution in [3.05, 3.63) is 66.2 Å². The molecule has 0 saturated heterocycles. The molecule has 0 bridgehead atoms. The normalized spacial score (nSPS) is 10.5. The van der Waals surface area contributed by atoms with E-state index in [0.717, 1.165) is 17.7 Å². The second-order valence-corrected chi connectivity index (χ2v) is 6.75. The summed E-state index contributed by atoms with van der Waals surface area (Å²) in [5.41, 5.74) is 2.10. The minimum atomic E-state index is -0.212. The van der Waals surface area contributed by atoms with Gasteiger partial charge < -0.3 is 14.8 Å². The van der Waals surface area contributed by atoms with Crippen LogP contribution in [0.15, 0.2) is 60.7 Å². The van der Waals surface area contributed by atoms with Crippen molar-refractivity contribution in [1.82, 2.24) is 0 Å². The number of para-hydroxylation sites is 1. The molecule has 2 aromatic carbocycles. The van der Waals surface area contributed by atoms with Crippen LogP contribution in [0.4, 0.5) is 5.69 Å². The standard InChI is InChI=1S/C22H27NO3/c1-16(2)13-14-25-19-11-9-18(10-12-19)23-22(24)20-7-5-6-8-21(20)26-15-17(3)4/h5-12,16H,3,13-15H2,1-2,4H3,(H,23,24). The third-order valence-electron chi connectivity index (χ3n) is 3.68. The van der Waals surface area contributed by atoms with E-state index in [-0.39, 0.29) is 5.91 Å². The first-order valence-electron chi connectivity index (χ1n) is 8.86. The molecule has 1 amide bonds. The van der Waals surface area contributed by atoms with Crippen LogP contribution in [-0.4, -0.2) is 19.1 Å². The highest BCUT2D eigenvalue weighted by Gasteiger charge is 2.12. The van der Waals surface area contributed by atoms with Crippen molar-refractivity contribution < 1.29 is 14.3 Å². The van der Waals surface area contributed by atoms with Gasteiger partial charge in [-0.15, -0.1) is 0 Å². The van der Waals surface area contributed by atoms with Crippen LogP contribution < -0.4 is 14.8 Å². The maximum absolute atomic E-state index is 12.6. The van der Waals surface area contributed by atoms with Crippen molar-refractivity contribution in [3.63, 3.8) is 0 Å². The molecule has 4 nitrogen and oxygen atoms in total. The Bertz CT molecular complexity index is 735. The van der Waals surface area contributed by atoms with Crippen LogP contribution in [0.25, 0.3) is 0 Å². The lowest BCUT2D eigenvalue weighted by atomic mass is 10.1. The average molecular weight is 353 g/mol. The first-order chi connectivity index (χ1) is 12.5. The van der Waals surface area contributed by atoms with Gasteiger partial charge >= 0.3 is 0 Å². The number of anilines is 1. The van der Waals surface area contributed by atoms with Gasteiger partial charge in [0.05, 0.1) is 12.2 Å². The van der Waals surface area contributed by atoms with Gasteiger partial charge in [-0.3, -0.25) is 4.79 Å². The summed E-state index contributed by atoms with van der Waals surface area (Å²) in [5.74, 6) is 1.74. The number of hydrogen-bond donors (Lipinski definition) is 1. The van der Waals surface area contributed by atoms with Crippen LogP contribution in [0.3, 0.4) is 0 Å². The number of ether oxygens (including phenoxy) is 2. The molecule has 0 aliphatic heterocycles. The number of carbonyl (C=O) groups excluding carboxylic acids is 1. The van der Waals surface area contributed by atoms with Crippen molar-refractivity contribution in [2.45, 2.75) is 27.2 Å². The molecule has 0 aromatic heterocycles. The van der Waals surface area contributed by atoms with Gasteiger partial charge in [0.15, 0.2) is 0 Å². The lowest BCUT2D eigenvalue weighted by Crippen LogP contribution is -2.14. The summed E-state index contributed by atoms with van der Waals surface area (Å²) in [6, 6.07) is 14.6. The Morgan fingerprint density at radius 3 is 2.42 bits per heavy atom. The summed E-state index contributed by atoms with van der Waals surface area (Å²) in [7, 11) is 0.